The molecule has 1 N–H and O–H groups in total. The second-order valence-corrected chi connectivity index (χ2v) is 4.00. The van der Waals surface area contributed by atoms with Crippen LogP contribution in [-0.4, -0.2) is 12.2 Å². The van der Waals surface area contributed by atoms with Crippen LogP contribution in [0.4, 0.5) is 10.1 Å². The van der Waals surface area contributed by atoms with Gasteiger partial charge >= 0.3 is 0 Å². The maximum absolute atomic E-state index is 13.1. The lowest BCUT2D eigenvalue weighted by Crippen LogP contribution is -2.16. The van der Waals surface area contributed by atoms with E-state index in [0.717, 1.165) is 11.3 Å². The highest BCUT2D eigenvalue weighted by Gasteiger charge is 2.03. The van der Waals surface area contributed by atoms with Crippen molar-refractivity contribution in [3.8, 4) is 5.75 Å². The number of benzene rings is 2. The lowest BCUT2D eigenvalue weighted by Gasteiger charge is -2.19. The Morgan fingerprint density at radius 3 is 2.47 bits per heavy atom. The van der Waals surface area contributed by atoms with Gasteiger partial charge in [0.2, 0.25) is 0 Å². The SMILES string of the molecule is CN(Cc1ccc(O)cc1)c1cccc(F)c1. The van der Waals surface area contributed by atoms with Gasteiger partial charge in [-0.05, 0) is 35.9 Å². The summed E-state index contributed by atoms with van der Waals surface area (Å²) in [5.41, 5.74) is 1.90. The van der Waals surface area contributed by atoms with Crippen LogP contribution in [0.25, 0.3) is 0 Å². The monoisotopic (exact) mass is 231 g/mol. The van der Waals surface area contributed by atoms with E-state index < -0.39 is 0 Å². The molecule has 2 nitrogen and oxygen atoms in total. The molecular formula is C14H14FNO. The number of halogens is 1. The molecule has 0 amide bonds. The number of phenols is 1. The Morgan fingerprint density at radius 1 is 1.12 bits per heavy atom. The number of anilines is 1. The maximum Gasteiger partial charge on any atom is 0.125 e. The number of aromatic hydroxyl groups is 1. The van der Waals surface area contributed by atoms with Gasteiger partial charge < -0.3 is 10.0 Å². The predicted octanol–water partition coefficient (Wildman–Crippen LogP) is 3.17. The first-order chi connectivity index (χ1) is 8.15. The Bertz CT molecular complexity index is 496. The van der Waals surface area contributed by atoms with Crippen molar-refractivity contribution in [1.82, 2.24) is 0 Å². The summed E-state index contributed by atoms with van der Waals surface area (Å²) < 4.78 is 13.1. The van der Waals surface area contributed by atoms with Crippen LogP contribution in [0, 0.1) is 5.82 Å². The number of hydrogen-bond donors (Lipinski definition) is 1. The molecule has 0 spiro atoms. The highest BCUT2D eigenvalue weighted by Crippen LogP contribution is 2.17. The summed E-state index contributed by atoms with van der Waals surface area (Å²) in [6, 6.07) is 13.5. The summed E-state index contributed by atoms with van der Waals surface area (Å²) in [5, 5.41) is 9.18. The second kappa shape index (κ2) is 4.87. The van der Waals surface area contributed by atoms with Gasteiger partial charge in [0.1, 0.15) is 11.6 Å². The fourth-order valence-electron chi connectivity index (χ4n) is 1.68. The quantitative estimate of drug-likeness (QED) is 0.877. The van der Waals surface area contributed by atoms with Crippen molar-refractivity contribution in [2.45, 2.75) is 6.54 Å². The highest BCUT2D eigenvalue weighted by atomic mass is 19.1. The van der Waals surface area contributed by atoms with Gasteiger partial charge in [-0.3, -0.25) is 0 Å². The van der Waals surface area contributed by atoms with Crippen LogP contribution in [-0.2, 0) is 6.54 Å². The minimum atomic E-state index is -0.236. The fraction of sp³-hybridized carbons (Fsp3) is 0.143. The van der Waals surface area contributed by atoms with Crippen LogP contribution < -0.4 is 4.90 Å². The molecule has 0 aromatic heterocycles. The molecule has 2 aromatic carbocycles. The summed E-state index contributed by atoms with van der Waals surface area (Å²) >= 11 is 0. The smallest absolute Gasteiger partial charge is 0.125 e. The molecule has 0 heterocycles. The third-order valence-corrected chi connectivity index (χ3v) is 2.61. The third kappa shape index (κ3) is 2.97. The van der Waals surface area contributed by atoms with E-state index in [1.54, 1.807) is 18.2 Å². The topological polar surface area (TPSA) is 23.5 Å². The maximum atomic E-state index is 13.1. The molecule has 0 unspecified atom stereocenters. The Labute approximate surface area is 99.9 Å². The Hall–Kier alpha value is -2.03. The Balaban J connectivity index is 2.11. The summed E-state index contributed by atoms with van der Waals surface area (Å²) in [7, 11) is 1.90. The molecule has 0 aliphatic rings. The van der Waals surface area contributed by atoms with E-state index in [9.17, 15) is 9.50 Å². The number of nitrogens with zero attached hydrogens (tertiary/aromatic N) is 1. The van der Waals surface area contributed by atoms with Crippen molar-refractivity contribution in [3.05, 3.63) is 59.9 Å². The fourth-order valence-corrected chi connectivity index (χ4v) is 1.68. The van der Waals surface area contributed by atoms with Gasteiger partial charge in [0.25, 0.3) is 0 Å². The summed E-state index contributed by atoms with van der Waals surface area (Å²) in [6.45, 7) is 0.670. The lowest BCUT2D eigenvalue weighted by molar-refractivity contribution is 0.475. The van der Waals surface area contributed by atoms with Gasteiger partial charge in [-0.25, -0.2) is 4.39 Å². The molecule has 0 fully saturated rings. The first-order valence-corrected chi connectivity index (χ1v) is 5.40. The Morgan fingerprint density at radius 2 is 1.82 bits per heavy atom. The van der Waals surface area contributed by atoms with E-state index in [1.165, 1.54) is 12.1 Å². The van der Waals surface area contributed by atoms with Crippen molar-refractivity contribution in [2.75, 3.05) is 11.9 Å². The number of phenolic OH excluding ortho intramolecular Hbond substituents is 1. The molecule has 0 atom stereocenters. The van der Waals surface area contributed by atoms with Crippen molar-refractivity contribution >= 4 is 5.69 Å². The minimum Gasteiger partial charge on any atom is -0.508 e. The van der Waals surface area contributed by atoms with Crippen LogP contribution in [0.15, 0.2) is 48.5 Å². The van der Waals surface area contributed by atoms with Crippen molar-refractivity contribution in [1.29, 1.82) is 0 Å². The van der Waals surface area contributed by atoms with Gasteiger partial charge in [-0.1, -0.05) is 18.2 Å². The molecule has 2 aromatic rings. The largest absolute Gasteiger partial charge is 0.508 e. The Kier molecular flexibility index (Phi) is 3.28. The first kappa shape index (κ1) is 11.5. The van der Waals surface area contributed by atoms with E-state index in [1.807, 2.05) is 30.1 Å². The standard InChI is InChI=1S/C14H14FNO/c1-16(13-4-2-3-12(15)9-13)10-11-5-7-14(17)8-6-11/h2-9,17H,10H2,1H3. The average Bonchev–Trinajstić information content (AvgIpc) is 2.32. The minimum absolute atomic E-state index is 0.236. The molecule has 0 aliphatic carbocycles. The zero-order valence-electron chi connectivity index (χ0n) is 9.60. The summed E-state index contributed by atoms with van der Waals surface area (Å²) in [4.78, 5) is 1.95. The highest BCUT2D eigenvalue weighted by molar-refractivity contribution is 5.46. The zero-order chi connectivity index (χ0) is 12.3. The van der Waals surface area contributed by atoms with E-state index in [0.29, 0.717) is 6.54 Å². The van der Waals surface area contributed by atoms with Crippen molar-refractivity contribution < 1.29 is 9.50 Å². The summed E-state index contributed by atoms with van der Waals surface area (Å²) in [6.07, 6.45) is 0. The molecule has 2 rings (SSSR count). The molecule has 0 saturated carbocycles. The van der Waals surface area contributed by atoms with Gasteiger partial charge in [-0.2, -0.15) is 0 Å². The van der Waals surface area contributed by atoms with E-state index in [2.05, 4.69) is 0 Å². The van der Waals surface area contributed by atoms with Gasteiger partial charge in [-0.15, -0.1) is 0 Å². The van der Waals surface area contributed by atoms with Gasteiger partial charge in [0.05, 0.1) is 0 Å². The molecule has 0 saturated heterocycles. The van der Waals surface area contributed by atoms with Crippen LogP contribution in [0.5, 0.6) is 5.75 Å². The molecule has 88 valence electrons. The van der Waals surface area contributed by atoms with Gasteiger partial charge in [0.15, 0.2) is 0 Å². The van der Waals surface area contributed by atoms with E-state index in [-0.39, 0.29) is 11.6 Å². The summed E-state index contributed by atoms with van der Waals surface area (Å²) in [5.74, 6) is 0.0159. The molecule has 0 aliphatic heterocycles. The average molecular weight is 231 g/mol. The normalized spacial score (nSPS) is 10.2. The molecule has 0 bridgehead atoms. The van der Waals surface area contributed by atoms with Crippen molar-refractivity contribution in [3.63, 3.8) is 0 Å². The predicted molar refractivity (Wildman–Crippen MR) is 66.6 cm³/mol. The molecular weight excluding hydrogens is 217 g/mol. The van der Waals surface area contributed by atoms with Crippen LogP contribution >= 0.6 is 0 Å². The van der Waals surface area contributed by atoms with Crippen LogP contribution in [0.1, 0.15) is 5.56 Å². The second-order valence-electron chi connectivity index (χ2n) is 4.00. The number of rotatable bonds is 3. The zero-order valence-corrected chi connectivity index (χ0v) is 9.60. The molecule has 3 heteroatoms. The molecule has 0 radical (unpaired) electrons. The van der Waals surface area contributed by atoms with Crippen LogP contribution in [0.3, 0.4) is 0 Å². The molecule has 17 heavy (non-hydrogen) atoms. The van der Waals surface area contributed by atoms with E-state index >= 15 is 0 Å². The first-order valence-electron chi connectivity index (χ1n) is 5.40. The van der Waals surface area contributed by atoms with Crippen LogP contribution in [0.2, 0.25) is 0 Å². The lowest BCUT2D eigenvalue weighted by atomic mass is 10.2. The third-order valence-electron chi connectivity index (χ3n) is 2.61. The van der Waals surface area contributed by atoms with Crippen molar-refractivity contribution in [2.24, 2.45) is 0 Å². The van der Waals surface area contributed by atoms with Gasteiger partial charge in [0, 0.05) is 19.3 Å². The number of hydrogen-bond acceptors (Lipinski definition) is 2. The van der Waals surface area contributed by atoms with E-state index in [4.69, 9.17) is 0 Å².